The number of benzene rings is 1. The highest BCUT2D eigenvalue weighted by Crippen LogP contribution is 2.35. The number of aryl methyl sites for hydroxylation is 2. The van der Waals surface area contributed by atoms with Gasteiger partial charge in [-0.05, 0) is 25.5 Å². The van der Waals surface area contributed by atoms with Crippen molar-refractivity contribution >= 4 is 33.8 Å². The molecule has 4 rings (SSSR count). The molecule has 0 radical (unpaired) electrons. The number of amides is 2. The minimum Gasteiger partial charge on any atom is -0.356 e. The van der Waals surface area contributed by atoms with Crippen LogP contribution in [0.4, 0.5) is 5.69 Å². The van der Waals surface area contributed by atoms with Crippen LogP contribution in [0, 0.1) is 13.8 Å². The maximum atomic E-state index is 12.3. The van der Waals surface area contributed by atoms with Crippen LogP contribution in [0.1, 0.15) is 34.2 Å². The highest BCUT2D eigenvalue weighted by atomic mass is 32.1. The molecule has 7 nitrogen and oxygen atoms in total. The van der Waals surface area contributed by atoms with Crippen molar-refractivity contribution in [3.05, 3.63) is 46.2 Å². The second-order valence-electron chi connectivity index (χ2n) is 6.52. The third-order valence-electron chi connectivity index (χ3n) is 4.44. The van der Waals surface area contributed by atoms with Crippen molar-refractivity contribution in [2.45, 2.75) is 32.6 Å². The lowest BCUT2D eigenvalue weighted by molar-refractivity contribution is -0.125. The quantitative estimate of drug-likeness (QED) is 0.722. The molecule has 0 spiro atoms. The number of aromatic nitrogens is 3. The van der Waals surface area contributed by atoms with E-state index in [0.29, 0.717) is 13.0 Å². The summed E-state index contributed by atoms with van der Waals surface area (Å²) in [6, 6.07) is 5.81. The first-order valence-corrected chi connectivity index (χ1v) is 9.31. The van der Waals surface area contributed by atoms with Crippen LogP contribution in [0.15, 0.2) is 24.4 Å². The molecule has 0 saturated heterocycles. The fourth-order valence-corrected chi connectivity index (χ4v) is 3.94. The fraction of sp³-hybridized carbons (Fsp3) is 0.333. The van der Waals surface area contributed by atoms with Crippen molar-refractivity contribution in [3.8, 4) is 0 Å². The van der Waals surface area contributed by atoms with Crippen LogP contribution in [0.5, 0.6) is 0 Å². The maximum Gasteiger partial charge on any atom is 0.232 e. The molecule has 1 atom stereocenters. The Morgan fingerprint density at radius 3 is 3.04 bits per heavy atom. The van der Waals surface area contributed by atoms with Crippen LogP contribution in [-0.4, -0.2) is 33.0 Å². The number of hydrogen-bond acceptors (Lipinski definition) is 5. The molecule has 0 bridgehead atoms. The van der Waals surface area contributed by atoms with Crippen LogP contribution in [0.25, 0.3) is 4.96 Å². The van der Waals surface area contributed by atoms with E-state index >= 15 is 0 Å². The highest BCUT2D eigenvalue weighted by molar-refractivity contribution is 7.16. The summed E-state index contributed by atoms with van der Waals surface area (Å²) in [5.41, 5.74) is 3.68. The van der Waals surface area contributed by atoms with Gasteiger partial charge in [-0.15, -0.1) is 0 Å². The number of hydrogen-bond donors (Lipinski definition) is 2. The number of nitrogens with one attached hydrogen (secondary N) is 2. The molecule has 26 heavy (non-hydrogen) atoms. The van der Waals surface area contributed by atoms with Crippen LogP contribution >= 0.6 is 11.3 Å². The van der Waals surface area contributed by atoms with Gasteiger partial charge in [0.25, 0.3) is 0 Å². The Morgan fingerprint density at radius 1 is 1.38 bits per heavy atom. The van der Waals surface area contributed by atoms with Gasteiger partial charge in [0.15, 0.2) is 0 Å². The van der Waals surface area contributed by atoms with Gasteiger partial charge in [-0.2, -0.15) is 5.10 Å². The van der Waals surface area contributed by atoms with Crippen molar-refractivity contribution in [2.75, 3.05) is 11.9 Å². The Labute approximate surface area is 154 Å². The number of anilines is 1. The Hall–Kier alpha value is -2.74. The Morgan fingerprint density at radius 2 is 2.23 bits per heavy atom. The molecule has 2 aromatic heterocycles. The average molecular weight is 369 g/mol. The molecule has 0 saturated carbocycles. The van der Waals surface area contributed by atoms with Crippen LogP contribution in [-0.2, 0) is 16.0 Å². The number of carbonyl (C=O) groups is 2. The Balaban J connectivity index is 1.33. The second kappa shape index (κ2) is 6.53. The van der Waals surface area contributed by atoms with Gasteiger partial charge in [0.05, 0.1) is 17.8 Å². The highest BCUT2D eigenvalue weighted by Gasteiger charge is 2.32. The summed E-state index contributed by atoms with van der Waals surface area (Å²) in [6.45, 7) is 4.40. The molecule has 1 aliphatic rings. The molecule has 3 aromatic rings. The number of fused-ring (bicyclic) bond motifs is 2. The summed E-state index contributed by atoms with van der Waals surface area (Å²) in [4.78, 5) is 29.8. The molecule has 3 heterocycles. The average Bonchev–Trinajstić information content (AvgIpc) is 3.19. The van der Waals surface area contributed by atoms with Crippen molar-refractivity contribution in [2.24, 2.45) is 0 Å². The van der Waals surface area contributed by atoms with Gasteiger partial charge in [0.2, 0.25) is 16.8 Å². The van der Waals surface area contributed by atoms with Crippen LogP contribution in [0.2, 0.25) is 0 Å². The topological polar surface area (TPSA) is 88.4 Å². The molecule has 134 valence electrons. The third-order valence-corrected chi connectivity index (χ3v) is 5.28. The Kier molecular flexibility index (Phi) is 4.20. The molecule has 0 fully saturated rings. The predicted molar refractivity (Wildman–Crippen MR) is 99.5 cm³/mol. The third kappa shape index (κ3) is 3.20. The summed E-state index contributed by atoms with van der Waals surface area (Å²) >= 11 is 1.54. The van der Waals surface area contributed by atoms with Crippen LogP contribution in [0.3, 0.4) is 0 Å². The fourth-order valence-electron chi connectivity index (χ4n) is 3.20. The monoisotopic (exact) mass is 369 g/mol. The van der Waals surface area contributed by atoms with Gasteiger partial charge >= 0.3 is 0 Å². The lowest BCUT2D eigenvalue weighted by Crippen LogP contribution is -2.28. The summed E-state index contributed by atoms with van der Waals surface area (Å²) in [5, 5.41) is 11.0. The van der Waals surface area contributed by atoms with Crippen molar-refractivity contribution in [3.63, 3.8) is 0 Å². The van der Waals surface area contributed by atoms with Crippen molar-refractivity contribution in [1.82, 2.24) is 19.9 Å². The van der Waals surface area contributed by atoms with Gasteiger partial charge < -0.3 is 10.6 Å². The Bertz CT molecular complexity index is 975. The van der Waals surface area contributed by atoms with E-state index in [0.717, 1.165) is 32.5 Å². The van der Waals surface area contributed by atoms with Gasteiger partial charge in [0, 0.05) is 25.1 Å². The molecule has 8 heteroatoms. The van der Waals surface area contributed by atoms with E-state index in [1.807, 2.05) is 38.2 Å². The number of carbonyl (C=O) groups excluding carboxylic acids is 2. The minimum atomic E-state index is -0.421. The van der Waals surface area contributed by atoms with Crippen molar-refractivity contribution in [1.29, 1.82) is 0 Å². The first-order valence-electron chi connectivity index (χ1n) is 8.49. The number of rotatable bonds is 5. The van der Waals surface area contributed by atoms with E-state index < -0.39 is 5.92 Å². The molecular formula is C18H19N5O2S. The standard InChI is InChI=1S/C18H19N5O2S/c1-10-3-4-15-13(7-10)14(17(25)21-15)8-16(24)19-6-5-12-9-23-18(20-12)26-11(2)22-23/h3-4,7,9,14H,5-6,8H2,1-2H3,(H,19,24)(H,21,25)/t14-/m1/s1. The van der Waals surface area contributed by atoms with Gasteiger partial charge in [-0.25, -0.2) is 9.50 Å². The second-order valence-corrected chi connectivity index (χ2v) is 7.68. The molecule has 1 aliphatic heterocycles. The lowest BCUT2D eigenvalue weighted by atomic mass is 9.95. The smallest absolute Gasteiger partial charge is 0.232 e. The zero-order chi connectivity index (χ0) is 18.3. The molecule has 2 amide bonds. The maximum absolute atomic E-state index is 12.3. The van der Waals surface area contributed by atoms with Gasteiger partial charge in [0.1, 0.15) is 5.01 Å². The number of imidazole rings is 1. The summed E-state index contributed by atoms with van der Waals surface area (Å²) in [5.74, 6) is -0.666. The summed E-state index contributed by atoms with van der Waals surface area (Å²) in [7, 11) is 0. The van der Waals surface area contributed by atoms with E-state index in [4.69, 9.17) is 0 Å². The lowest BCUT2D eigenvalue weighted by Gasteiger charge is -2.09. The molecule has 0 aliphatic carbocycles. The SMILES string of the molecule is Cc1ccc2c(c1)[C@@H](CC(=O)NCCc1cn3nc(C)sc3n1)C(=O)N2. The van der Waals surface area contributed by atoms with E-state index in [2.05, 4.69) is 20.7 Å². The normalized spacial score (nSPS) is 15.9. The van der Waals surface area contributed by atoms with E-state index in [-0.39, 0.29) is 18.2 Å². The number of nitrogens with zero attached hydrogens (tertiary/aromatic N) is 3. The first kappa shape index (κ1) is 16.7. The minimum absolute atomic E-state index is 0.114. The molecular weight excluding hydrogens is 350 g/mol. The van der Waals surface area contributed by atoms with Crippen LogP contribution < -0.4 is 10.6 Å². The molecule has 1 aromatic carbocycles. The van der Waals surface area contributed by atoms with E-state index in [9.17, 15) is 9.59 Å². The van der Waals surface area contributed by atoms with Crippen molar-refractivity contribution < 1.29 is 9.59 Å². The molecule has 0 unspecified atom stereocenters. The van der Waals surface area contributed by atoms with Gasteiger partial charge in [-0.1, -0.05) is 29.0 Å². The van der Waals surface area contributed by atoms with E-state index in [1.165, 1.54) is 11.3 Å². The van der Waals surface area contributed by atoms with E-state index in [1.54, 1.807) is 4.52 Å². The zero-order valence-electron chi connectivity index (χ0n) is 14.6. The zero-order valence-corrected chi connectivity index (χ0v) is 15.4. The van der Waals surface area contributed by atoms with Gasteiger partial charge in [-0.3, -0.25) is 9.59 Å². The molecule has 2 N–H and O–H groups in total. The first-order chi connectivity index (χ1) is 12.5. The predicted octanol–water partition coefficient (Wildman–Crippen LogP) is 2.19. The largest absolute Gasteiger partial charge is 0.356 e. The summed E-state index contributed by atoms with van der Waals surface area (Å²) < 4.78 is 1.76. The summed E-state index contributed by atoms with van der Waals surface area (Å²) in [6.07, 6.45) is 2.67.